The lowest BCUT2D eigenvalue weighted by atomic mass is 9.78. The predicted molar refractivity (Wildman–Crippen MR) is 83.0 cm³/mol. The molecule has 3 rings (SSSR count). The zero-order chi connectivity index (χ0) is 17.9. The molecule has 0 saturated carbocycles. The summed E-state index contributed by atoms with van der Waals surface area (Å²) in [5.41, 5.74) is -0.917. The Morgan fingerprint density at radius 3 is 2.12 bits per heavy atom. The smallest absolute Gasteiger partial charge is 0.399 e. The highest BCUT2D eigenvalue weighted by atomic mass is 19.3. The third kappa shape index (κ3) is 2.82. The highest BCUT2D eigenvalue weighted by molar-refractivity contribution is 6.62. The van der Waals surface area contributed by atoms with E-state index in [9.17, 15) is 18.0 Å². The maximum atomic E-state index is 14.3. The Morgan fingerprint density at radius 1 is 1.12 bits per heavy atom. The zero-order valence-corrected chi connectivity index (χ0v) is 14.0. The number of likely N-dealkylation sites (tertiary alicyclic amines) is 1. The van der Waals surface area contributed by atoms with Gasteiger partial charge in [-0.2, -0.15) is 0 Å². The minimum Gasteiger partial charge on any atom is -0.399 e. The van der Waals surface area contributed by atoms with Crippen molar-refractivity contribution < 1.29 is 27.3 Å². The second-order valence-corrected chi connectivity index (χ2v) is 7.34. The number of amides is 1. The number of rotatable bonds is 2. The largest absolute Gasteiger partial charge is 0.494 e. The van der Waals surface area contributed by atoms with Gasteiger partial charge in [-0.15, -0.1) is 0 Å². The monoisotopic (exact) mass is 341 g/mol. The van der Waals surface area contributed by atoms with Crippen LogP contribution >= 0.6 is 0 Å². The van der Waals surface area contributed by atoms with Crippen LogP contribution in [0.2, 0.25) is 0 Å². The van der Waals surface area contributed by atoms with E-state index in [1.165, 1.54) is 12.1 Å². The van der Waals surface area contributed by atoms with Gasteiger partial charge in [-0.3, -0.25) is 4.79 Å². The van der Waals surface area contributed by atoms with Crippen LogP contribution in [0.25, 0.3) is 0 Å². The van der Waals surface area contributed by atoms with Crippen molar-refractivity contribution >= 4 is 18.5 Å². The maximum absolute atomic E-state index is 14.3. The van der Waals surface area contributed by atoms with Crippen LogP contribution in [0.5, 0.6) is 0 Å². The Balaban J connectivity index is 1.78. The molecule has 0 aromatic heterocycles. The first kappa shape index (κ1) is 17.3. The molecule has 0 unspecified atom stereocenters. The van der Waals surface area contributed by atoms with Gasteiger partial charge in [-0.1, -0.05) is 6.07 Å². The van der Waals surface area contributed by atoms with Gasteiger partial charge < -0.3 is 14.2 Å². The summed E-state index contributed by atoms with van der Waals surface area (Å²) < 4.78 is 51.7. The molecule has 0 aliphatic carbocycles. The molecule has 2 heterocycles. The van der Waals surface area contributed by atoms with E-state index in [-0.39, 0.29) is 5.56 Å². The topological polar surface area (TPSA) is 38.8 Å². The predicted octanol–water partition coefficient (Wildman–Crippen LogP) is 2.22. The number of hydrogen-bond acceptors (Lipinski definition) is 3. The molecule has 24 heavy (non-hydrogen) atoms. The summed E-state index contributed by atoms with van der Waals surface area (Å²) in [6.07, 6.45) is 0. The Bertz CT molecular complexity index is 669. The third-order valence-corrected chi connectivity index (χ3v) is 4.88. The van der Waals surface area contributed by atoms with Gasteiger partial charge in [0.05, 0.1) is 29.9 Å². The van der Waals surface area contributed by atoms with E-state index in [0.29, 0.717) is 5.46 Å². The molecule has 0 bridgehead atoms. The molecule has 0 spiro atoms. The number of nitrogens with zero attached hydrogens (tertiary/aromatic N) is 1. The van der Waals surface area contributed by atoms with Crippen LogP contribution in [-0.4, -0.2) is 48.1 Å². The molecule has 1 aromatic rings. The lowest BCUT2D eigenvalue weighted by molar-refractivity contribution is -0.113. The molecule has 0 atom stereocenters. The van der Waals surface area contributed by atoms with Gasteiger partial charge in [-0.25, -0.2) is 13.2 Å². The van der Waals surface area contributed by atoms with Crippen LogP contribution in [0.4, 0.5) is 13.2 Å². The molecule has 2 aliphatic rings. The minimum atomic E-state index is -2.88. The van der Waals surface area contributed by atoms with Crippen LogP contribution in [0.1, 0.15) is 38.1 Å². The molecule has 2 fully saturated rings. The standard InChI is InChI=1S/C16H19BF3NO3/c1-14(2)15(3,4)24-17(23-14)10-5-6-11(12(18)7-10)13(22)21-8-16(19,20)9-21/h5-7H,8-9H2,1-4H3. The number of benzene rings is 1. The molecule has 8 heteroatoms. The number of hydrogen-bond donors (Lipinski definition) is 0. The van der Waals surface area contributed by atoms with Gasteiger partial charge in [-0.05, 0) is 45.3 Å². The average Bonchev–Trinajstić information content (AvgIpc) is 2.64. The van der Waals surface area contributed by atoms with E-state index in [1.54, 1.807) is 0 Å². The molecule has 1 amide bonds. The Kier molecular flexibility index (Phi) is 3.77. The second kappa shape index (κ2) is 5.23. The molecule has 2 saturated heterocycles. The van der Waals surface area contributed by atoms with Crippen LogP contribution in [0.15, 0.2) is 18.2 Å². The van der Waals surface area contributed by atoms with E-state index in [0.717, 1.165) is 11.0 Å². The van der Waals surface area contributed by atoms with E-state index >= 15 is 0 Å². The van der Waals surface area contributed by atoms with Crippen molar-refractivity contribution in [1.82, 2.24) is 4.90 Å². The first-order chi connectivity index (χ1) is 10.9. The van der Waals surface area contributed by atoms with Gasteiger partial charge >= 0.3 is 7.12 Å². The number of alkyl halides is 2. The van der Waals surface area contributed by atoms with Crippen LogP contribution < -0.4 is 5.46 Å². The lowest BCUT2D eigenvalue weighted by Crippen LogP contribution is -2.58. The van der Waals surface area contributed by atoms with Crippen LogP contribution in [0.3, 0.4) is 0 Å². The Labute approximate surface area is 139 Å². The fourth-order valence-electron chi connectivity index (χ4n) is 2.66. The first-order valence-corrected chi connectivity index (χ1v) is 7.74. The maximum Gasteiger partial charge on any atom is 0.494 e. The van der Waals surface area contributed by atoms with Gasteiger partial charge in [0.15, 0.2) is 0 Å². The SMILES string of the molecule is CC1(C)OB(c2ccc(C(=O)N3CC(F)(F)C3)c(F)c2)OC1(C)C. The van der Waals surface area contributed by atoms with Gasteiger partial charge in [0, 0.05) is 0 Å². The molecule has 130 valence electrons. The molecular weight excluding hydrogens is 322 g/mol. The van der Waals surface area contributed by atoms with E-state index in [1.807, 2.05) is 27.7 Å². The zero-order valence-electron chi connectivity index (χ0n) is 14.0. The molecule has 0 N–H and O–H groups in total. The molecule has 4 nitrogen and oxygen atoms in total. The summed E-state index contributed by atoms with van der Waals surface area (Å²) >= 11 is 0. The fraction of sp³-hybridized carbons (Fsp3) is 0.562. The number of carbonyl (C=O) groups excluding carboxylic acids is 1. The molecule has 1 aromatic carbocycles. The molecular formula is C16H19BF3NO3. The van der Waals surface area contributed by atoms with Crippen molar-refractivity contribution in [2.24, 2.45) is 0 Å². The van der Waals surface area contributed by atoms with E-state index in [2.05, 4.69) is 0 Å². The molecule has 2 aliphatic heterocycles. The summed E-state index contributed by atoms with van der Waals surface area (Å²) in [7, 11) is -0.748. The summed E-state index contributed by atoms with van der Waals surface area (Å²) in [5.74, 6) is -4.39. The highest BCUT2D eigenvalue weighted by Crippen LogP contribution is 2.36. The average molecular weight is 341 g/mol. The summed E-state index contributed by atoms with van der Waals surface area (Å²) in [6.45, 7) is 6.17. The van der Waals surface area contributed by atoms with Crippen molar-refractivity contribution in [1.29, 1.82) is 0 Å². The molecule has 0 radical (unpaired) electrons. The van der Waals surface area contributed by atoms with E-state index < -0.39 is 49.1 Å². The van der Waals surface area contributed by atoms with Crippen molar-refractivity contribution in [3.63, 3.8) is 0 Å². The van der Waals surface area contributed by atoms with Crippen molar-refractivity contribution in [2.45, 2.75) is 44.8 Å². The highest BCUT2D eigenvalue weighted by Gasteiger charge is 2.52. The Morgan fingerprint density at radius 2 is 1.67 bits per heavy atom. The minimum absolute atomic E-state index is 0.231. The first-order valence-electron chi connectivity index (χ1n) is 7.74. The van der Waals surface area contributed by atoms with E-state index in [4.69, 9.17) is 9.31 Å². The van der Waals surface area contributed by atoms with Crippen molar-refractivity contribution in [3.8, 4) is 0 Å². The van der Waals surface area contributed by atoms with Crippen LogP contribution in [-0.2, 0) is 9.31 Å². The van der Waals surface area contributed by atoms with Gasteiger partial charge in [0.1, 0.15) is 5.82 Å². The quantitative estimate of drug-likeness (QED) is 0.775. The third-order valence-electron chi connectivity index (χ3n) is 4.88. The fourth-order valence-corrected chi connectivity index (χ4v) is 2.66. The number of carbonyl (C=O) groups is 1. The van der Waals surface area contributed by atoms with Crippen molar-refractivity contribution in [2.75, 3.05) is 13.1 Å². The van der Waals surface area contributed by atoms with Gasteiger partial charge in [0.2, 0.25) is 0 Å². The summed E-state index contributed by atoms with van der Waals surface area (Å²) in [5, 5.41) is 0. The van der Waals surface area contributed by atoms with Gasteiger partial charge in [0.25, 0.3) is 11.8 Å². The summed E-state index contributed by atoms with van der Waals surface area (Å²) in [4.78, 5) is 13.0. The Hall–Kier alpha value is -1.54. The summed E-state index contributed by atoms with van der Waals surface area (Å²) in [6, 6.07) is 3.97. The normalized spacial score (nSPS) is 24.0. The lowest BCUT2D eigenvalue weighted by Gasteiger charge is -2.38. The van der Waals surface area contributed by atoms with Crippen LogP contribution in [0, 0.1) is 5.82 Å². The second-order valence-electron chi connectivity index (χ2n) is 7.34. The number of halogens is 3. The van der Waals surface area contributed by atoms with Crippen molar-refractivity contribution in [3.05, 3.63) is 29.6 Å².